The number of amides is 1. The second-order valence-corrected chi connectivity index (χ2v) is 4.15. The van der Waals surface area contributed by atoms with Gasteiger partial charge in [-0.2, -0.15) is 0 Å². The number of ether oxygens (including phenoxy) is 1. The molecule has 1 amide bonds. The van der Waals surface area contributed by atoms with E-state index in [2.05, 4.69) is 5.32 Å². The Kier molecular flexibility index (Phi) is 5.47. The molecule has 0 saturated carbocycles. The molecule has 0 heterocycles. The van der Waals surface area contributed by atoms with E-state index >= 15 is 0 Å². The Morgan fingerprint density at radius 1 is 1.47 bits per heavy atom. The second kappa shape index (κ2) is 6.86. The molecule has 0 aliphatic rings. The molecule has 0 saturated heterocycles. The number of benzene rings is 1. The van der Waals surface area contributed by atoms with Crippen LogP contribution in [-0.4, -0.2) is 36.7 Å². The van der Waals surface area contributed by atoms with Crippen molar-refractivity contribution < 1.29 is 19.4 Å². The van der Waals surface area contributed by atoms with Gasteiger partial charge in [0, 0.05) is 13.7 Å². The van der Waals surface area contributed by atoms with E-state index in [9.17, 15) is 9.59 Å². The fraction of sp³-hybridized carbons (Fsp3) is 0.385. The van der Waals surface area contributed by atoms with Crippen LogP contribution in [0, 0.1) is 6.92 Å². The first-order chi connectivity index (χ1) is 8.99. The Morgan fingerprint density at radius 2 is 2.16 bits per heavy atom. The Labute approximate surface area is 111 Å². The summed E-state index contributed by atoms with van der Waals surface area (Å²) in [6.07, 6.45) is -0.293. The fourth-order valence-electron chi connectivity index (χ4n) is 1.73. The third-order valence-electron chi connectivity index (χ3n) is 2.77. The van der Waals surface area contributed by atoms with Crippen LogP contribution in [-0.2, 0) is 9.53 Å². The monoisotopic (exact) mass is 266 g/mol. The van der Waals surface area contributed by atoms with Gasteiger partial charge in [-0.05, 0) is 18.6 Å². The average molecular weight is 266 g/mol. The van der Waals surface area contributed by atoms with Crippen LogP contribution in [0.1, 0.15) is 22.3 Å². The van der Waals surface area contributed by atoms with E-state index in [1.54, 1.807) is 25.1 Å². The zero-order valence-electron chi connectivity index (χ0n) is 11.0. The molecule has 4 N–H and O–H groups in total. The van der Waals surface area contributed by atoms with Crippen molar-refractivity contribution in [2.75, 3.05) is 19.0 Å². The summed E-state index contributed by atoms with van der Waals surface area (Å²) in [6, 6.07) is 4.92. The molecule has 19 heavy (non-hydrogen) atoms. The fourth-order valence-corrected chi connectivity index (χ4v) is 1.73. The summed E-state index contributed by atoms with van der Waals surface area (Å²) >= 11 is 0. The van der Waals surface area contributed by atoms with E-state index in [1.807, 2.05) is 0 Å². The number of anilines is 1. The lowest BCUT2D eigenvalue weighted by Gasteiger charge is -2.14. The Balaban J connectivity index is 2.85. The highest BCUT2D eigenvalue weighted by molar-refractivity contribution is 6.01. The molecule has 0 aromatic heterocycles. The number of nitrogens with one attached hydrogen (secondary N) is 1. The number of rotatable bonds is 6. The highest BCUT2D eigenvalue weighted by atomic mass is 16.5. The summed E-state index contributed by atoms with van der Waals surface area (Å²) in [5.41, 5.74) is 6.40. The molecule has 0 fully saturated rings. The number of methoxy groups -OCH3 is 1. The lowest BCUT2D eigenvalue weighted by atomic mass is 10.1. The number of carbonyl (C=O) groups is 2. The first-order valence-electron chi connectivity index (χ1n) is 5.85. The summed E-state index contributed by atoms with van der Waals surface area (Å²) in [4.78, 5) is 22.9. The maximum absolute atomic E-state index is 11.8. The maximum Gasteiger partial charge on any atom is 0.338 e. The molecule has 6 nitrogen and oxygen atoms in total. The van der Waals surface area contributed by atoms with Crippen molar-refractivity contribution in [3.63, 3.8) is 0 Å². The molecule has 6 heteroatoms. The number of aromatic carboxylic acids is 1. The van der Waals surface area contributed by atoms with E-state index in [1.165, 1.54) is 7.11 Å². The minimum absolute atomic E-state index is 0.0833. The molecule has 0 aliphatic heterocycles. The molecule has 0 spiro atoms. The maximum atomic E-state index is 11.8. The van der Waals surface area contributed by atoms with Gasteiger partial charge in [0.1, 0.15) is 0 Å². The van der Waals surface area contributed by atoms with Gasteiger partial charge < -0.3 is 20.9 Å². The van der Waals surface area contributed by atoms with Gasteiger partial charge in [-0.25, -0.2) is 4.79 Å². The Bertz CT molecular complexity index is 470. The molecule has 0 radical (unpaired) electrons. The van der Waals surface area contributed by atoms with Crippen LogP contribution in [0.3, 0.4) is 0 Å². The van der Waals surface area contributed by atoms with Gasteiger partial charge >= 0.3 is 5.97 Å². The van der Waals surface area contributed by atoms with E-state index in [-0.39, 0.29) is 36.2 Å². The zero-order valence-corrected chi connectivity index (χ0v) is 11.0. The van der Waals surface area contributed by atoms with Crippen molar-refractivity contribution in [2.45, 2.75) is 19.4 Å². The molecule has 1 aromatic rings. The molecular weight excluding hydrogens is 248 g/mol. The summed E-state index contributed by atoms with van der Waals surface area (Å²) < 4.78 is 5.01. The SMILES string of the molecule is COC(CN)CC(=O)Nc1cccc(C)c1C(=O)O. The van der Waals surface area contributed by atoms with E-state index < -0.39 is 5.97 Å². The molecular formula is C13H18N2O4. The van der Waals surface area contributed by atoms with E-state index in [4.69, 9.17) is 15.6 Å². The van der Waals surface area contributed by atoms with Crippen molar-refractivity contribution in [2.24, 2.45) is 5.73 Å². The van der Waals surface area contributed by atoms with Gasteiger partial charge in [-0.15, -0.1) is 0 Å². The van der Waals surface area contributed by atoms with Gasteiger partial charge in [-0.1, -0.05) is 12.1 Å². The Morgan fingerprint density at radius 3 is 2.68 bits per heavy atom. The smallest absolute Gasteiger partial charge is 0.338 e. The van der Waals surface area contributed by atoms with E-state index in [0.717, 1.165) is 0 Å². The summed E-state index contributed by atoms with van der Waals surface area (Å²) in [5, 5.41) is 11.7. The van der Waals surface area contributed by atoms with Crippen LogP contribution in [0.15, 0.2) is 18.2 Å². The Hall–Kier alpha value is -1.92. The van der Waals surface area contributed by atoms with Gasteiger partial charge in [0.05, 0.1) is 23.8 Å². The highest BCUT2D eigenvalue weighted by Gasteiger charge is 2.17. The number of aryl methyl sites for hydroxylation is 1. The number of hydrogen-bond acceptors (Lipinski definition) is 4. The van der Waals surface area contributed by atoms with Crippen molar-refractivity contribution in [3.8, 4) is 0 Å². The van der Waals surface area contributed by atoms with Crippen molar-refractivity contribution in [1.82, 2.24) is 0 Å². The topological polar surface area (TPSA) is 102 Å². The van der Waals surface area contributed by atoms with Crippen LogP contribution < -0.4 is 11.1 Å². The molecule has 1 rings (SSSR count). The molecule has 1 atom stereocenters. The molecule has 104 valence electrons. The third-order valence-corrected chi connectivity index (χ3v) is 2.77. The number of carboxylic acids is 1. The zero-order chi connectivity index (χ0) is 14.4. The predicted molar refractivity (Wildman–Crippen MR) is 71.2 cm³/mol. The van der Waals surface area contributed by atoms with Crippen LogP contribution in [0.25, 0.3) is 0 Å². The summed E-state index contributed by atoms with van der Waals surface area (Å²) in [7, 11) is 1.47. The molecule has 0 aliphatic carbocycles. The molecule has 0 bridgehead atoms. The lowest BCUT2D eigenvalue weighted by Crippen LogP contribution is -2.28. The number of carboxylic acid groups (broad SMARTS) is 1. The van der Waals surface area contributed by atoms with Gasteiger partial charge in [0.2, 0.25) is 5.91 Å². The van der Waals surface area contributed by atoms with Crippen LogP contribution in [0.5, 0.6) is 0 Å². The summed E-state index contributed by atoms with van der Waals surface area (Å²) in [6.45, 7) is 1.90. The standard InChI is InChI=1S/C13H18N2O4/c1-8-4-3-5-10(12(8)13(17)18)15-11(16)6-9(7-14)19-2/h3-5,9H,6-7,14H2,1-2H3,(H,15,16)(H,17,18). The van der Waals surface area contributed by atoms with Crippen LogP contribution in [0.4, 0.5) is 5.69 Å². The molecule has 1 aromatic carbocycles. The number of nitrogens with two attached hydrogens (primary N) is 1. The number of carbonyl (C=O) groups excluding carboxylic acids is 1. The predicted octanol–water partition coefficient (Wildman–Crippen LogP) is 0.996. The first-order valence-corrected chi connectivity index (χ1v) is 5.85. The second-order valence-electron chi connectivity index (χ2n) is 4.15. The molecule has 1 unspecified atom stereocenters. The summed E-state index contributed by atoms with van der Waals surface area (Å²) in [5.74, 6) is -1.40. The van der Waals surface area contributed by atoms with Crippen molar-refractivity contribution in [3.05, 3.63) is 29.3 Å². The normalized spacial score (nSPS) is 11.9. The van der Waals surface area contributed by atoms with Gasteiger partial charge in [0.25, 0.3) is 0 Å². The minimum atomic E-state index is -1.07. The minimum Gasteiger partial charge on any atom is -0.478 e. The van der Waals surface area contributed by atoms with Crippen molar-refractivity contribution >= 4 is 17.6 Å². The largest absolute Gasteiger partial charge is 0.478 e. The van der Waals surface area contributed by atoms with Gasteiger partial charge in [-0.3, -0.25) is 4.79 Å². The van der Waals surface area contributed by atoms with Crippen LogP contribution in [0.2, 0.25) is 0 Å². The quantitative estimate of drug-likeness (QED) is 0.712. The van der Waals surface area contributed by atoms with E-state index in [0.29, 0.717) is 5.56 Å². The highest BCUT2D eigenvalue weighted by Crippen LogP contribution is 2.19. The van der Waals surface area contributed by atoms with Gasteiger partial charge in [0.15, 0.2) is 0 Å². The van der Waals surface area contributed by atoms with Crippen LogP contribution >= 0.6 is 0 Å². The average Bonchev–Trinajstić information content (AvgIpc) is 2.35. The number of hydrogen-bond donors (Lipinski definition) is 3. The van der Waals surface area contributed by atoms with Crippen molar-refractivity contribution in [1.29, 1.82) is 0 Å². The lowest BCUT2D eigenvalue weighted by molar-refractivity contribution is -0.118. The third kappa shape index (κ3) is 4.04. The first kappa shape index (κ1) is 15.1.